The van der Waals surface area contributed by atoms with Gasteiger partial charge in [-0.1, -0.05) is 12.1 Å². The molecular formula is C17H24N8O2. The van der Waals surface area contributed by atoms with E-state index in [2.05, 4.69) is 44.3 Å². The molecule has 3 heterocycles. The topological polar surface area (TPSA) is 100 Å². The molecule has 2 saturated heterocycles. The van der Waals surface area contributed by atoms with Gasteiger partial charge in [-0.05, 0) is 29.5 Å². The van der Waals surface area contributed by atoms with E-state index >= 15 is 0 Å². The maximum Gasteiger partial charge on any atom is 0.230 e. The number of piperazine rings is 1. The average Bonchev–Trinajstić information content (AvgIpc) is 3.38. The molecule has 0 saturated carbocycles. The number of tetrazole rings is 1. The fraction of sp³-hybridized carbons (Fsp3) is 0.529. The summed E-state index contributed by atoms with van der Waals surface area (Å²) in [4.78, 5) is 17.4. The van der Waals surface area contributed by atoms with Gasteiger partial charge in [0.05, 0.1) is 18.7 Å². The Hall–Kier alpha value is -2.72. The second-order valence-electron chi connectivity index (χ2n) is 6.86. The van der Waals surface area contributed by atoms with Gasteiger partial charge in [-0.15, -0.1) is 5.10 Å². The number of ether oxygens (including phenoxy) is 1. The van der Waals surface area contributed by atoms with Crippen LogP contribution in [0.5, 0.6) is 5.75 Å². The number of rotatable bonds is 4. The van der Waals surface area contributed by atoms with Crippen LogP contribution in [-0.4, -0.2) is 70.3 Å². The summed E-state index contributed by atoms with van der Waals surface area (Å²) in [5.41, 5.74) is 7.21. The van der Waals surface area contributed by atoms with E-state index in [0.717, 1.165) is 24.5 Å². The second-order valence-corrected chi connectivity index (χ2v) is 6.86. The van der Waals surface area contributed by atoms with Gasteiger partial charge < -0.3 is 14.5 Å². The number of hydrogen-bond donors (Lipinski definition) is 2. The van der Waals surface area contributed by atoms with Crippen molar-refractivity contribution in [1.82, 2.24) is 36.0 Å². The van der Waals surface area contributed by atoms with Gasteiger partial charge >= 0.3 is 0 Å². The number of carbonyl (C=O) groups is 1. The Morgan fingerprint density at radius 3 is 2.89 bits per heavy atom. The summed E-state index contributed by atoms with van der Waals surface area (Å²) < 4.78 is 7.07. The van der Waals surface area contributed by atoms with Crippen molar-refractivity contribution >= 4 is 11.6 Å². The first-order valence-corrected chi connectivity index (χ1v) is 9.08. The van der Waals surface area contributed by atoms with Gasteiger partial charge in [0.1, 0.15) is 18.2 Å². The molecule has 2 aliphatic rings. The molecule has 144 valence electrons. The molecule has 0 aliphatic carbocycles. The minimum absolute atomic E-state index is 0.0892. The lowest BCUT2D eigenvalue weighted by atomic mass is 10.0. The van der Waals surface area contributed by atoms with Crippen LogP contribution >= 0.6 is 0 Å². The normalized spacial score (nSPS) is 25.6. The van der Waals surface area contributed by atoms with E-state index in [0.29, 0.717) is 13.1 Å². The summed E-state index contributed by atoms with van der Waals surface area (Å²) in [5.74, 6) is 0.710. The summed E-state index contributed by atoms with van der Waals surface area (Å²) >= 11 is 0. The maximum absolute atomic E-state index is 13.2. The number of hydrogen-bond acceptors (Lipinski definition) is 8. The van der Waals surface area contributed by atoms with Crippen molar-refractivity contribution in [2.45, 2.75) is 19.1 Å². The van der Waals surface area contributed by atoms with E-state index in [1.165, 1.54) is 6.33 Å². The first kappa shape index (κ1) is 17.7. The Morgan fingerprint density at radius 1 is 1.30 bits per heavy atom. The minimum atomic E-state index is -0.285. The van der Waals surface area contributed by atoms with Gasteiger partial charge in [-0.2, -0.15) is 0 Å². The highest BCUT2D eigenvalue weighted by molar-refractivity contribution is 5.80. The molecule has 1 aromatic heterocycles. The van der Waals surface area contributed by atoms with Crippen LogP contribution in [-0.2, 0) is 4.79 Å². The molecule has 2 aromatic rings. The van der Waals surface area contributed by atoms with Crippen LogP contribution in [0.15, 0.2) is 30.6 Å². The van der Waals surface area contributed by atoms with Crippen molar-refractivity contribution < 1.29 is 9.53 Å². The number of nitrogens with zero attached hydrogens (tertiary/aromatic N) is 6. The maximum atomic E-state index is 13.2. The summed E-state index contributed by atoms with van der Waals surface area (Å²) in [6.07, 6.45) is 1.24. The Balaban J connectivity index is 1.46. The van der Waals surface area contributed by atoms with E-state index in [1.54, 1.807) is 11.8 Å². The number of amides is 1. The number of benzene rings is 1. The van der Waals surface area contributed by atoms with Crippen molar-refractivity contribution in [2.24, 2.45) is 5.92 Å². The molecule has 2 fully saturated rings. The van der Waals surface area contributed by atoms with Crippen molar-refractivity contribution in [2.75, 3.05) is 38.2 Å². The lowest BCUT2D eigenvalue weighted by molar-refractivity contribution is -0.138. The molecule has 0 spiro atoms. The monoisotopic (exact) mass is 372 g/mol. The van der Waals surface area contributed by atoms with Gasteiger partial charge in [-0.25, -0.2) is 10.1 Å². The summed E-state index contributed by atoms with van der Waals surface area (Å²) in [7, 11) is 1.68. The molecule has 0 bridgehead atoms. The molecule has 10 heteroatoms. The highest BCUT2D eigenvalue weighted by Crippen LogP contribution is 2.30. The zero-order valence-corrected chi connectivity index (χ0v) is 15.4. The van der Waals surface area contributed by atoms with Crippen molar-refractivity contribution in [3.05, 3.63) is 30.6 Å². The first-order valence-electron chi connectivity index (χ1n) is 9.08. The third-order valence-corrected chi connectivity index (χ3v) is 5.26. The Kier molecular flexibility index (Phi) is 4.90. The highest BCUT2D eigenvalue weighted by atomic mass is 16.5. The molecule has 0 radical (unpaired) electrons. The van der Waals surface area contributed by atoms with Crippen LogP contribution in [0.1, 0.15) is 13.1 Å². The van der Waals surface area contributed by atoms with Gasteiger partial charge in [0.2, 0.25) is 5.91 Å². The van der Waals surface area contributed by atoms with Crippen LogP contribution in [0.25, 0.3) is 0 Å². The Bertz CT molecular complexity index is 783. The van der Waals surface area contributed by atoms with Gasteiger partial charge in [0.15, 0.2) is 0 Å². The molecule has 2 N–H and O–H groups in total. The molecule has 4 rings (SSSR count). The molecule has 10 nitrogen and oxygen atoms in total. The predicted octanol–water partition coefficient (Wildman–Crippen LogP) is -0.358. The molecule has 1 aromatic carbocycles. The summed E-state index contributed by atoms with van der Waals surface area (Å²) in [5, 5.41) is 11.3. The number of hydrazine groups is 1. The van der Waals surface area contributed by atoms with Crippen molar-refractivity contribution in [3.63, 3.8) is 0 Å². The number of carbonyl (C=O) groups excluding carboxylic acids is 1. The van der Waals surface area contributed by atoms with E-state index in [9.17, 15) is 4.79 Å². The van der Waals surface area contributed by atoms with Gasteiger partial charge in [0, 0.05) is 32.2 Å². The van der Waals surface area contributed by atoms with E-state index in [1.807, 2.05) is 23.1 Å². The van der Waals surface area contributed by atoms with Crippen LogP contribution in [0.2, 0.25) is 0 Å². The summed E-state index contributed by atoms with van der Waals surface area (Å²) in [6, 6.07) is 8.08. The summed E-state index contributed by atoms with van der Waals surface area (Å²) in [6.45, 7) is 4.82. The van der Waals surface area contributed by atoms with Crippen molar-refractivity contribution in [3.8, 4) is 5.75 Å². The second kappa shape index (κ2) is 7.49. The van der Waals surface area contributed by atoms with E-state index in [4.69, 9.17) is 4.74 Å². The van der Waals surface area contributed by atoms with E-state index in [-0.39, 0.29) is 24.0 Å². The SMILES string of the molecule is COc1ccccc1N1CCN(C(=O)C2CNNC2n2cnnn2)C(C)C1. The quantitative estimate of drug-likeness (QED) is 0.751. The fourth-order valence-corrected chi connectivity index (χ4v) is 3.86. The molecule has 2 aliphatic heterocycles. The fourth-order valence-electron chi connectivity index (χ4n) is 3.86. The number of aromatic nitrogens is 4. The average molecular weight is 372 g/mol. The lowest BCUT2D eigenvalue weighted by Crippen LogP contribution is -2.56. The Morgan fingerprint density at radius 2 is 2.15 bits per heavy atom. The lowest BCUT2D eigenvalue weighted by Gasteiger charge is -2.42. The molecular weight excluding hydrogens is 348 g/mol. The third kappa shape index (κ3) is 3.33. The van der Waals surface area contributed by atoms with Crippen molar-refractivity contribution in [1.29, 1.82) is 0 Å². The van der Waals surface area contributed by atoms with Gasteiger partial charge in [-0.3, -0.25) is 10.2 Å². The standard InChI is InChI=1S/C17H24N8O2/c1-12-10-23(14-5-3-4-6-15(14)27-2)7-8-24(12)17(26)13-9-18-20-16(13)25-11-19-21-22-25/h3-6,11-13,16,18,20H,7-10H2,1-2H3. The molecule has 1 amide bonds. The minimum Gasteiger partial charge on any atom is -0.495 e. The molecule has 3 atom stereocenters. The van der Waals surface area contributed by atoms with Crippen LogP contribution in [0.4, 0.5) is 5.69 Å². The molecule has 3 unspecified atom stereocenters. The number of para-hydroxylation sites is 2. The number of nitrogens with one attached hydrogen (secondary N) is 2. The predicted molar refractivity (Wildman–Crippen MR) is 97.9 cm³/mol. The largest absolute Gasteiger partial charge is 0.495 e. The smallest absolute Gasteiger partial charge is 0.230 e. The van der Waals surface area contributed by atoms with E-state index < -0.39 is 0 Å². The number of anilines is 1. The Labute approximate surface area is 157 Å². The number of methoxy groups -OCH3 is 1. The zero-order chi connectivity index (χ0) is 18.8. The highest BCUT2D eigenvalue weighted by Gasteiger charge is 2.40. The zero-order valence-electron chi connectivity index (χ0n) is 15.4. The van der Waals surface area contributed by atoms with Crippen LogP contribution < -0.4 is 20.5 Å². The first-order chi connectivity index (χ1) is 13.2. The van der Waals surface area contributed by atoms with Gasteiger partial charge in [0.25, 0.3) is 0 Å². The molecule has 27 heavy (non-hydrogen) atoms. The van der Waals surface area contributed by atoms with Crippen LogP contribution in [0.3, 0.4) is 0 Å². The third-order valence-electron chi connectivity index (χ3n) is 5.26. The van der Waals surface area contributed by atoms with Crippen LogP contribution in [0, 0.1) is 5.92 Å².